The van der Waals surface area contributed by atoms with Crippen LogP contribution in [0.5, 0.6) is 0 Å². The molecule has 0 radical (unpaired) electrons. The Morgan fingerprint density at radius 3 is 2.96 bits per heavy atom. The van der Waals surface area contributed by atoms with Gasteiger partial charge in [-0.2, -0.15) is 0 Å². The minimum Gasteiger partial charge on any atom is -0.464 e. The van der Waals surface area contributed by atoms with Gasteiger partial charge in [-0.3, -0.25) is 4.79 Å². The van der Waals surface area contributed by atoms with Crippen molar-refractivity contribution in [1.29, 1.82) is 0 Å². The average molecular weight is 345 g/mol. The van der Waals surface area contributed by atoms with E-state index in [-0.39, 0.29) is 11.8 Å². The molecule has 7 heteroatoms. The number of ether oxygens (including phenoxy) is 1. The van der Waals surface area contributed by atoms with Crippen LogP contribution in [0.2, 0.25) is 0 Å². The van der Waals surface area contributed by atoms with Gasteiger partial charge in [-0.1, -0.05) is 6.42 Å². The molecule has 2 fully saturated rings. The van der Waals surface area contributed by atoms with Crippen molar-refractivity contribution in [3.8, 4) is 11.3 Å². The van der Waals surface area contributed by atoms with Gasteiger partial charge in [0.05, 0.1) is 12.8 Å². The number of amides is 1. The molecule has 2 bridgehead atoms. The summed E-state index contributed by atoms with van der Waals surface area (Å²) in [7, 11) is 1.34. The van der Waals surface area contributed by atoms with Gasteiger partial charge in [0.2, 0.25) is 5.91 Å². The van der Waals surface area contributed by atoms with E-state index in [1.54, 1.807) is 12.3 Å². The summed E-state index contributed by atoms with van der Waals surface area (Å²) in [5.74, 6) is 1.14. The Hall–Kier alpha value is -2.15. The number of carbonyl (C=O) groups excluding carboxylic acids is 2. The highest BCUT2D eigenvalue weighted by atomic mass is 32.1. The highest BCUT2D eigenvalue weighted by molar-refractivity contribution is 7.14. The monoisotopic (exact) mass is 345 g/mol. The van der Waals surface area contributed by atoms with Crippen LogP contribution in [0.1, 0.15) is 36.2 Å². The Morgan fingerprint density at radius 2 is 2.25 bits per heavy atom. The lowest BCUT2D eigenvalue weighted by Crippen LogP contribution is -2.27. The summed E-state index contributed by atoms with van der Waals surface area (Å²) < 4.78 is 4.68. The van der Waals surface area contributed by atoms with E-state index in [1.165, 1.54) is 37.7 Å². The Morgan fingerprint density at radius 1 is 1.38 bits per heavy atom. The van der Waals surface area contributed by atoms with Crippen LogP contribution in [-0.4, -0.2) is 29.0 Å². The predicted molar refractivity (Wildman–Crippen MR) is 90.8 cm³/mol. The molecule has 2 aromatic rings. The second kappa shape index (κ2) is 6.05. The summed E-state index contributed by atoms with van der Waals surface area (Å²) in [6, 6.07) is 1.70. The van der Waals surface area contributed by atoms with Crippen molar-refractivity contribution in [3.63, 3.8) is 0 Å². The molecule has 2 saturated carbocycles. The molecular weight excluding hydrogens is 326 g/mol. The first kappa shape index (κ1) is 15.4. The van der Waals surface area contributed by atoms with Crippen molar-refractivity contribution in [2.24, 2.45) is 17.8 Å². The van der Waals surface area contributed by atoms with E-state index in [0.717, 1.165) is 23.6 Å². The zero-order valence-electron chi connectivity index (χ0n) is 13.4. The molecule has 126 valence electrons. The Kier molecular flexibility index (Phi) is 3.88. The molecule has 2 aliphatic carbocycles. The number of hydrogen-bond acceptors (Lipinski definition) is 5. The molecule has 6 nitrogen and oxygen atoms in total. The number of anilines is 1. The molecule has 2 aliphatic rings. The number of carbonyl (C=O) groups is 2. The first-order chi connectivity index (χ1) is 11.6. The normalized spacial score (nSPS) is 25.0. The van der Waals surface area contributed by atoms with Crippen LogP contribution in [-0.2, 0) is 9.53 Å². The molecule has 0 aromatic carbocycles. The van der Waals surface area contributed by atoms with E-state index < -0.39 is 5.97 Å². The average Bonchev–Trinajstić information content (AvgIpc) is 3.35. The van der Waals surface area contributed by atoms with Gasteiger partial charge in [0.1, 0.15) is 5.69 Å². The van der Waals surface area contributed by atoms with Gasteiger partial charge in [0, 0.05) is 23.1 Å². The van der Waals surface area contributed by atoms with Crippen molar-refractivity contribution < 1.29 is 14.3 Å². The summed E-state index contributed by atoms with van der Waals surface area (Å²) in [6.45, 7) is 0. The van der Waals surface area contributed by atoms with Gasteiger partial charge in [-0.05, 0) is 37.2 Å². The van der Waals surface area contributed by atoms with E-state index >= 15 is 0 Å². The van der Waals surface area contributed by atoms with Crippen molar-refractivity contribution >= 4 is 28.3 Å². The molecule has 2 aromatic heterocycles. The highest BCUT2D eigenvalue weighted by Gasteiger charge is 2.43. The third-order valence-electron chi connectivity index (χ3n) is 5.19. The molecule has 4 rings (SSSR count). The number of aromatic amines is 1. The summed E-state index contributed by atoms with van der Waals surface area (Å²) >= 11 is 1.40. The maximum absolute atomic E-state index is 12.5. The number of methoxy groups -OCH3 is 1. The number of aromatic nitrogens is 2. The maximum atomic E-state index is 12.5. The molecule has 0 spiro atoms. The van der Waals surface area contributed by atoms with Gasteiger partial charge in [-0.25, -0.2) is 9.78 Å². The predicted octanol–water partition coefficient (Wildman–Crippen LogP) is 3.30. The van der Waals surface area contributed by atoms with Crippen molar-refractivity contribution in [2.75, 3.05) is 12.4 Å². The lowest BCUT2D eigenvalue weighted by atomic mass is 9.88. The SMILES string of the molecule is COC(=O)c1cc(-c2csc(NC(=O)[C@@H]3C[C@H]4CC[C@H]3C4)n2)c[nH]1. The first-order valence-corrected chi connectivity index (χ1v) is 9.05. The van der Waals surface area contributed by atoms with Crippen molar-refractivity contribution in [2.45, 2.75) is 25.7 Å². The minimum absolute atomic E-state index is 0.104. The number of rotatable bonds is 4. The molecule has 0 unspecified atom stereocenters. The smallest absolute Gasteiger partial charge is 0.354 e. The number of hydrogen-bond donors (Lipinski definition) is 2. The fourth-order valence-electron chi connectivity index (χ4n) is 4.00. The van der Waals surface area contributed by atoms with E-state index in [0.29, 0.717) is 16.7 Å². The van der Waals surface area contributed by atoms with Crippen LogP contribution in [0.4, 0.5) is 5.13 Å². The van der Waals surface area contributed by atoms with Gasteiger partial charge < -0.3 is 15.0 Å². The van der Waals surface area contributed by atoms with Crippen LogP contribution in [0.25, 0.3) is 11.3 Å². The summed E-state index contributed by atoms with van der Waals surface area (Å²) in [5.41, 5.74) is 1.91. The lowest BCUT2D eigenvalue weighted by Gasteiger charge is -2.19. The molecule has 0 aliphatic heterocycles. The molecule has 1 amide bonds. The number of H-pyrrole nitrogens is 1. The summed E-state index contributed by atoms with van der Waals surface area (Å²) in [4.78, 5) is 31.3. The van der Waals surface area contributed by atoms with E-state index in [2.05, 4.69) is 20.0 Å². The summed E-state index contributed by atoms with van der Waals surface area (Å²) in [6.07, 6.45) is 6.41. The van der Waals surface area contributed by atoms with E-state index in [4.69, 9.17) is 0 Å². The number of nitrogens with zero attached hydrogens (tertiary/aromatic N) is 1. The zero-order chi connectivity index (χ0) is 16.7. The topological polar surface area (TPSA) is 84.1 Å². The van der Waals surface area contributed by atoms with Crippen molar-refractivity contribution in [1.82, 2.24) is 9.97 Å². The minimum atomic E-state index is -0.415. The van der Waals surface area contributed by atoms with Crippen LogP contribution < -0.4 is 5.32 Å². The third-order valence-corrected chi connectivity index (χ3v) is 5.95. The largest absolute Gasteiger partial charge is 0.464 e. The fourth-order valence-corrected chi connectivity index (χ4v) is 4.72. The Balaban J connectivity index is 1.44. The van der Waals surface area contributed by atoms with Gasteiger partial charge in [-0.15, -0.1) is 11.3 Å². The van der Waals surface area contributed by atoms with Crippen LogP contribution in [0.15, 0.2) is 17.6 Å². The number of thiazole rings is 1. The fraction of sp³-hybridized carbons (Fsp3) is 0.471. The number of nitrogens with one attached hydrogen (secondary N) is 2. The third kappa shape index (κ3) is 2.73. The maximum Gasteiger partial charge on any atom is 0.354 e. The second-order valence-corrected chi connectivity index (χ2v) is 7.46. The van der Waals surface area contributed by atoms with E-state index in [1.807, 2.05) is 5.38 Å². The van der Waals surface area contributed by atoms with Crippen LogP contribution in [0.3, 0.4) is 0 Å². The van der Waals surface area contributed by atoms with Crippen LogP contribution >= 0.6 is 11.3 Å². The number of fused-ring (bicyclic) bond motifs is 2. The molecule has 2 N–H and O–H groups in total. The van der Waals surface area contributed by atoms with Crippen LogP contribution in [0, 0.1) is 17.8 Å². The molecule has 2 heterocycles. The van der Waals surface area contributed by atoms with Crippen molar-refractivity contribution in [3.05, 3.63) is 23.3 Å². The summed E-state index contributed by atoms with van der Waals surface area (Å²) in [5, 5.41) is 5.45. The quantitative estimate of drug-likeness (QED) is 0.833. The molecule has 3 atom stereocenters. The highest BCUT2D eigenvalue weighted by Crippen LogP contribution is 2.48. The lowest BCUT2D eigenvalue weighted by molar-refractivity contribution is -0.121. The van der Waals surface area contributed by atoms with Gasteiger partial charge >= 0.3 is 5.97 Å². The first-order valence-electron chi connectivity index (χ1n) is 8.17. The molecule has 24 heavy (non-hydrogen) atoms. The van der Waals surface area contributed by atoms with Gasteiger partial charge in [0.25, 0.3) is 0 Å². The standard InChI is InChI=1S/C17H19N3O3S/c1-23-16(22)13-6-11(7-18-13)14-8-24-17(19-14)20-15(21)12-5-9-2-3-10(12)4-9/h6-10,12,18H,2-5H2,1H3,(H,19,20,21)/t9-,10-,12+/m0/s1. The Labute approximate surface area is 143 Å². The van der Waals surface area contributed by atoms with Gasteiger partial charge in [0.15, 0.2) is 5.13 Å². The zero-order valence-corrected chi connectivity index (χ0v) is 14.2. The second-order valence-electron chi connectivity index (χ2n) is 6.60. The van der Waals surface area contributed by atoms with E-state index in [9.17, 15) is 9.59 Å². The molecule has 0 saturated heterocycles. The molecular formula is C17H19N3O3S. The Bertz CT molecular complexity index is 782. The number of esters is 1.